The van der Waals surface area contributed by atoms with Gasteiger partial charge in [0.15, 0.2) is 0 Å². The van der Waals surface area contributed by atoms with Crippen LogP contribution in [-0.4, -0.2) is 43.5 Å². The molecule has 4 rings (SSSR count). The van der Waals surface area contributed by atoms with E-state index in [1.165, 1.54) is 0 Å². The zero-order valence-electron chi connectivity index (χ0n) is 19.0. The highest BCUT2D eigenvalue weighted by Gasteiger charge is 2.37. The summed E-state index contributed by atoms with van der Waals surface area (Å²) in [6.45, 7) is 0.291. The molecule has 2 atom stereocenters. The molecule has 33 heavy (non-hydrogen) atoms. The van der Waals surface area contributed by atoms with Crippen LogP contribution >= 0.6 is 0 Å². The predicted octanol–water partition coefficient (Wildman–Crippen LogP) is 2.83. The zero-order chi connectivity index (χ0) is 23.2. The van der Waals surface area contributed by atoms with Gasteiger partial charge in [0.25, 0.3) is 0 Å². The standard InChI is InChI=1S/C26H31N3O4/c1-33-22-13-11-21(12-14-22)29-17-19(16-24(29)30)25(31)28-23(15-18-7-3-2-4-8-18)26(32)27-20-9-5-6-10-20/h2-4,7-8,11-14,19-20,23H,5-6,9-10,15-17H2,1H3,(H,27,32)(H,28,31)/t19-,23-/m0/s1. The summed E-state index contributed by atoms with van der Waals surface area (Å²) in [6.07, 6.45) is 4.73. The van der Waals surface area contributed by atoms with Crippen molar-refractivity contribution in [3.05, 3.63) is 60.2 Å². The molecule has 1 aliphatic carbocycles. The van der Waals surface area contributed by atoms with E-state index in [4.69, 9.17) is 4.74 Å². The van der Waals surface area contributed by atoms with E-state index in [0.717, 1.165) is 36.9 Å². The molecular formula is C26H31N3O4. The molecule has 2 N–H and O–H groups in total. The number of nitrogens with one attached hydrogen (secondary N) is 2. The first-order valence-corrected chi connectivity index (χ1v) is 11.6. The van der Waals surface area contributed by atoms with Crippen LogP contribution in [-0.2, 0) is 20.8 Å². The third kappa shape index (κ3) is 5.72. The van der Waals surface area contributed by atoms with Crippen molar-refractivity contribution in [2.75, 3.05) is 18.6 Å². The van der Waals surface area contributed by atoms with Gasteiger partial charge in [0.05, 0.1) is 13.0 Å². The van der Waals surface area contributed by atoms with E-state index in [-0.39, 0.29) is 30.2 Å². The smallest absolute Gasteiger partial charge is 0.243 e. The monoisotopic (exact) mass is 449 g/mol. The molecule has 7 heteroatoms. The lowest BCUT2D eigenvalue weighted by atomic mass is 10.0. The number of rotatable bonds is 8. The van der Waals surface area contributed by atoms with Crippen molar-refractivity contribution in [3.63, 3.8) is 0 Å². The van der Waals surface area contributed by atoms with Crippen molar-refractivity contribution in [3.8, 4) is 5.75 Å². The Balaban J connectivity index is 1.42. The van der Waals surface area contributed by atoms with Crippen molar-refractivity contribution in [1.82, 2.24) is 10.6 Å². The second kappa shape index (κ2) is 10.5. The highest BCUT2D eigenvalue weighted by molar-refractivity contribution is 6.01. The van der Waals surface area contributed by atoms with Gasteiger partial charge in [-0.3, -0.25) is 14.4 Å². The number of anilines is 1. The topological polar surface area (TPSA) is 87.7 Å². The van der Waals surface area contributed by atoms with Gasteiger partial charge in [0.2, 0.25) is 17.7 Å². The van der Waals surface area contributed by atoms with Crippen LogP contribution in [0.1, 0.15) is 37.7 Å². The second-order valence-electron chi connectivity index (χ2n) is 8.84. The minimum absolute atomic E-state index is 0.102. The minimum atomic E-state index is -0.675. The van der Waals surface area contributed by atoms with Gasteiger partial charge in [-0.1, -0.05) is 43.2 Å². The van der Waals surface area contributed by atoms with E-state index in [1.807, 2.05) is 42.5 Å². The Morgan fingerprint density at radius 2 is 1.76 bits per heavy atom. The molecule has 0 spiro atoms. The zero-order valence-corrected chi connectivity index (χ0v) is 19.0. The Kier molecular flexibility index (Phi) is 7.27. The van der Waals surface area contributed by atoms with Crippen molar-refractivity contribution < 1.29 is 19.1 Å². The molecule has 3 amide bonds. The number of hydrogen-bond donors (Lipinski definition) is 2. The maximum absolute atomic E-state index is 13.1. The van der Waals surface area contributed by atoms with Gasteiger partial charge in [-0.2, -0.15) is 0 Å². The summed E-state index contributed by atoms with van der Waals surface area (Å²) >= 11 is 0. The van der Waals surface area contributed by atoms with Gasteiger partial charge in [0.1, 0.15) is 11.8 Å². The average Bonchev–Trinajstić information content (AvgIpc) is 3.49. The SMILES string of the molecule is COc1ccc(N2C[C@@H](C(=O)N[C@@H](Cc3ccccc3)C(=O)NC3CCCC3)CC2=O)cc1. The minimum Gasteiger partial charge on any atom is -0.497 e. The summed E-state index contributed by atoms with van der Waals surface area (Å²) < 4.78 is 5.17. The van der Waals surface area contributed by atoms with Gasteiger partial charge in [-0.15, -0.1) is 0 Å². The molecule has 2 aromatic rings. The van der Waals surface area contributed by atoms with E-state index >= 15 is 0 Å². The molecule has 2 aromatic carbocycles. The number of carbonyl (C=O) groups is 3. The lowest BCUT2D eigenvalue weighted by Gasteiger charge is -2.23. The van der Waals surface area contributed by atoms with E-state index in [9.17, 15) is 14.4 Å². The van der Waals surface area contributed by atoms with Crippen LogP contribution in [0.25, 0.3) is 0 Å². The lowest BCUT2D eigenvalue weighted by molar-refractivity contribution is -0.131. The Morgan fingerprint density at radius 3 is 2.42 bits per heavy atom. The number of carbonyl (C=O) groups excluding carboxylic acids is 3. The molecule has 0 radical (unpaired) electrons. The third-order valence-corrected chi connectivity index (χ3v) is 6.50. The van der Waals surface area contributed by atoms with Crippen LogP contribution < -0.4 is 20.3 Å². The number of methoxy groups -OCH3 is 1. The third-order valence-electron chi connectivity index (χ3n) is 6.50. The van der Waals surface area contributed by atoms with Crippen molar-refractivity contribution in [2.45, 2.75) is 50.6 Å². The summed E-state index contributed by atoms with van der Waals surface area (Å²) in [5.74, 6) is -0.318. The number of hydrogen-bond acceptors (Lipinski definition) is 4. The first kappa shape index (κ1) is 22.8. The molecule has 7 nitrogen and oxygen atoms in total. The molecule has 1 aliphatic heterocycles. The van der Waals surface area contributed by atoms with Gasteiger partial charge in [-0.25, -0.2) is 0 Å². The first-order valence-electron chi connectivity index (χ1n) is 11.6. The van der Waals surface area contributed by atoms with E-state index in [1.54, 1.807) is 24.1 Å². The fraction of sp³-hybridized carbons (Fsp3) is 0.423. The van der Waals surface area contributed by atoms with Crippen molar-refractivity contribution >= 4 is 23.4 Å². The Morgan fingerprint density at radius 1 is 1.06 bits per heavy atom. The van der Waals surface area contributed by atoms with Gasteiger partial charge in [0, 0.05) is 31.1 Å². The Hall–Kier alpha value is -3.35. The maximum atomic E-state index is 13.1. The van der Waals surface area contributed by atoms with Crippen molar-refractivity contribution in [1.29, 1.82) is 0 Å². The molecule has 0 unspecified atom stereocenters. The molecule has 174 valence electrons. The van der Waals surface area contributed by atoms with E-state index in [2.05, 4.69) is 10.6 Å². The molecule has 0 bridgehead atoms. The molecular weight excluding hydrogens is 418 g/mol. The molecule has 1 saturated heterocycles. The quantitative estimate of drug-likeness (QED) is 0.649. The normalized spacial score (nSPS) is 19.4. The van der Waals surface area contributed by atoms with E-state index in [0.29, 0.717) is 18.7 Å². The fourth-order valence-corrected chi connectivity index (χ4v) is 4.62. The van der Waals surface area contributed by atoms with Gasteiger partial charge in [-0.05, 0) is 42.7 Å². The summed E-state index contributed by atoms with van der Waals surface area (Å²) in [7, 11) is 1.59. The average molecular weight is 450 g/mol. The number of ether oxygens (including phenoxy) is 1. The van der Waals surface area contributed by atoms with Crippen LogP contribution in [0.15, 0.2) is 54.6 Å². The Labute approximate surface area is 194 Å². The van der Waals surface area contributed by atoms with Crippen LogP contribution in [0, 0.1) is 5.92 Å². The van der Waals surface area contributed by atoms with Crippen LogP contribution in [0.3, 0.4) is 0 Å². The fourth-order valence-electron chi connectivity index (χ4n) is 4.62. The van der Waals surface area contributed by atoms with Gasteiger partial charge >= 0.3 is 0 Å². The van der Waals surface area contributed by atoms with E-state index < -0.39 is 12.0 Å². The number of nitrogens with zero attached hydrogens (tertiary/aromatic N) is 1. The maximum Gasteiger partial charge on any atom is 0.243 e. The van der Waals surface area contributed by atoms with Crippen LogP contribution in [0.5, 0.6) is 5.75 Å². The number of benzene rings is 2. The lowest BCUT2D eigenvalue weighted by Crippen LogP contribution is -2.51. The molecule has 2 aliphatic rings. The molecule has 0 aromatic heterocycles. The van der Waals surface area contributed by atoms with Crippen molar-refractivity contribution in [2.24, 2.45) is 5.92 Å². The molecule has 1 heterocycles. The van der Waals surface area contributed by atoms with Crippen LogP contribution in [0.2, 0.25) is 0 Å². The summed E-state index contributed by atoms with van der Waals surface area (Å²) in [5.41, 5.74) is 1.71. The molecule has 2 fully saturated rings. The van der Waals surface area contributed by atoms with Gasteiger partial charge < -0.3 is 20.3 Å². The summed E-state index contributed by atoms with van der Waals surface area (Å²) in [4.78, 5) is 40.4. The first-order chi connectivity index (χ1) is 16.0. The Bertz CT molecular complexity index is 971. The summed E-state index contributed by atoms with van der Waals surface area (Å²) in [5, 5.41) is 6.05. The highest BCUT2D eigenvalue weighted by atomic mass is 16.5. The second-order valence-corrected chi connectivity index (χ2v) is 8.84. The molecule has 1 saturated carbocycles. The summed E-state index contributed by atoms with van der Waals surface area (Å²) in [6, 6.07) is 16.4. The van der Waals surface area contributed by atoms with Crippen LogP contribution in [0.4, 0.5) is 5.69 Å². The predicted molar refractivity (Wildman–Crippen MR) is 126 cm³/mol. The number of amides is 3. The highest BCUT2D eigenvalue weighted by Crippen LogP contribution is 2.27. The largest absolute Gasteiger partial charge is 0.497 e.